The van der Waals surface area contributed by atoms with Crippen LogP contribution in [0.1, 0.15) is 55.2 Å². The van der Waals surface area contributed by atoms with Crippen LogP contribution in [0.25, 0.3) is 0 Å². The van der Waals surface area contributed by atoms with Crippen molar-refractivity contribution in [2.24, 2.45) is 5.92 Å². The lowest BCUT2D eigenvalue weighted by atomic mass is 9.87. The maximum absolute atomic E-state index is 10.3. The van der Waals surface area contributed by atoms with Crippen LogP contribution in [0.5, 0.6) is 0 Å². The van der Waals surface area contributed by atoms with Gasteiger partial charge >= 0.3 is 0 Å². The zero-order valence-corrected chi connectivity index (χ0v) is 13.5. The Morgan fingerprint density at radius 2 is 1.90 bits per heavy atom. The molecule has 0 spiro atoms. The van der Waals surface area contributed by atoms with Gasteiger partial charge in [-0.1, -0.05) is 31.0 Å². The molecule has 1 aromatic rings. The average Bonchev–Trinajstić information content (AvgIpc) is 2.90. The molecule has 0 amide bonds. The fourth-order valence-corrected chi connectivity index (χ4v) is 4.25. The maximum atomic E-state index is 10.3. The van der Waals surface area contributed by atoms with E-state index in [4.69, 9.17) is 0 Å². The molecule has 1 aliphatic carbocycles. The molecule has 2 aliphatic rings. The minimum Gasteiger partial charge on any atom is -0.393 e. The number of hydrogen-bond donors (Lipinski definition) is 1. The summed E-state index contributed by atoms with van der Waals surface area (Å²) in [6.45, 7) is 6.63. The summed E-state index contributed by atoms with van der Waals surface area (Å²) < 4.78 is 0. The van der Waals surface area contributed by atoms with Crippen molar-refractivity contribution in [2.75, 3.05) is 6.54 Å². The third-order valence-electron chi connectivity index (χ3n) is 5.65. The zero-order chi connectivity index (χ0) is 14.8. The van der Waals surface area contributed by atoms with E-state index in [-0.39, 0.29) is 6.10 Å². The van der Waals surface area contributed by atoms with E-state index in [0.29, 0.717) is 12.0 Å². The summed E-state index contributed by atoms with van der Waals surface area (Å²) in [6.07, 6.45) is 7.29. The van der Waals surface area contributed by atoms with E-state index in [1.165, 1.54) is 55.3 Å². The van der Waals surface area contributed by atoms with E-state index in [0.717, 1.165) is 13.0 Å². The lowest BCUT2D eigenvalue weighted by Crippen LogP contribution is -2.45. The molecule has 2 heteroatoms. The number of aliphatic hydroxyl groups excluding tert-OH is 1. The predicted octanol–water partition coefficient (Wildman–Crippen LogP) is 3.82. The number of aryl methyl sites for hydroxylation is 2. The van der Waals surface area contributed by atoms with Gasteiger partial charge in [0.15, 0.2) is 0 Å². The quantitative estimate of drug-likeness (QED) is 0.913. The Kier molecular flexibility index (Phi) is 4.66. The molecule has 3 unspecified atom stereocenters. The fourth-order valence-electron chi connectivity index (χ4n) is 4.25. The molecule has 1 heterocycles. The number of nitrogens with zero attached hydrogens (tertiary/aromatic N) is 1. The molecule has 21 heavy (non-hydrogen) atoms. The third kappa shape index (κ3) is 3.32. The van der Waals surface area contributed by atoms with Crippen molar-refractivity contribution in [3.63, 3.8) is 0 Å². The summed E-state index contributed by atoms with van der Waals surface area (Å²) in [5, 5.41) is 10.3. The average molecular weight is 287 g/mol. The summed E-state index contributed by atoms with van der Waals surface area (Å²) in [6, 6.07) is 7.46. The van der Waals surface area contributed by atoms with Gasteiger partial charge in [-0.3, -0.25) is 4.90 Å². The number of piperidine rings is 1. The summed E-state index contributed by atoms with van der Waals surface area (Å²) in [5.74, 6) is 0.511. The summed E-state index contributed by atoms with van der Waals surface area (Å²) >= 11 is 0. The molecule has 1 N–H and O–H groups in total. The molecule has 1 aliphatic heterocycles. The van der Waals surface area contributed by atoms with Crippen LogP contribution in [-0.2, 0) is 6.54 Å². The van der Waals surface area contributed by atoms with Crippen LogP contribution in [0.3, 0.4) is 0 Å². The van der Waals surface area contributed by atoms with Crippen molar-refractivity contribution in [2.45, 2.75) is 71.1 Å². The van der Waals surface area contributed by atoms with Crippen LogP contribution >= 0.6 is 0 Å². The van der Waals surface area contributed by atoms with Gasteiger partial charge in [0.1, 0.15) is 0 Å². The number of likely N-dealkylation sites (tertiary alicyclic amines) is 1. The Bertz CT molecular complexity index is 484. The Morgan fingerprint density at radius 3 is 2.62 bits per heavy atom. The van der Waals surface area contributed by atoms with E-state index in [1.807, 2.05) is 0 Å². The van der Waals surface area contributed by atoms with E-state index >= 15 is 0 Å². The monoisotopic (exact) mass is 287 g/mol. The number of benzene rings is 1. The van der Waals surface area contributed by atoms with Crippen LogP contribution in [0, 0.1) is 19.8 Å². The van der Waals surface area contributed by atoms with E-state index < -0.39 is 0 Å². The molecule has 0 aromatic heterocycles. The summed E-state index contributed by atoms with van der Waals surface area (Å²) in [5.41, 5.74) is 4.19. The first-order valence-electron chi connectivity index (χ1n) is 8.63. The first-order valence-corrected chi connectivity index (χ1v) is 8.63. The first-order chi connectivity index (χ1) is 10.1. The van der Waals surface area contributed by atoms with Crippen LogP contribution < -0.4 is 0 Å². The molecule has 3 rings (SSSR count). The van der Waals surface area contributed by atoms with Gasteiger partial charge in [0.2, 0.25) is 0 Å². The zero-order valence-electron chi connectivity index (χ0n) is 13.5. The predicted molar refractivity (Wildman–Crippen MR) is 87.3 cm³/mol. The number of aliphatic hydroxyl groups is 1. The van der Waals surface area contributed by atoms with Crippen LogP contribution in [0.4, 0.5) is 0 Å². The molecule has 1 aromatic carbocycles. The topological polar surface area (TPSA) is 23.5 Å². The minimum atomic E-state index is -0.0599. The molecule has 0 bridgehead atoms. The van der Waals surface area contributed by atoms with Crippen molar-refractivity contribution < 1.29 is 5.11 Å². The van der Waals surface area contributed by atoms with Crippen molar-refractivity contribution in [1.29, 1.82) is 0 Å². The van der Waals surface area contributed by atoms with E-state index in [9.17, 15) is 5.11 Å². The van der Waals surface area contributed by atoms with Crippen LogP contribution in [0.2, 0.25) is 0 Å². The van der Waals surface area contributed by atoms with Gasteiger partial charge in [-0.2, -0.15) is 0 Å². The van der Waals surface area contributed by atoms with Gasteiger partial charge in [0.25, 0.3) is 0 Å². The summed E-state index contributed by atoms with van der Waals surface area (Å²) in [4.78, 5) is 2.65. The molecule has 3 atom stereocenters. The van der Waals surface area contributed by atoms with E-state index in [2.05, 4.69) is 36.9 Å². The van der Waals surface area contributed by atoms with Gasteiger partial charge in [0, 0.05) is 18.5 Å². The normalized spacial score (nSPS) is 30.7. The van der Waals surface area contributed by atoms with Crippen LogP contribution in [0.15, 0.2) is 18.2 Å². The minimum absolute atomic E-state index is 0.0599. The highest BCUT2D eigenvalue weighted by Crippen LogP contribution is 2.35. The van der Waals surface area contributed by atoms with Crippen molar-refractivity contribution >= 4 is 0 Å². The van der Waals surface area contributed by atoms with Gasteiger partial charge in [-0.05, 0) is 62.8 Å². The molecule has 0 radical (unpaired) electrons. The Labute approximate surface area is 129 Å². The smallest absolute Gasteiger partial charge is 0.0583 e. The van der Waals surface area contributed by atoms with E-state index in [1.54, 1.807) is 0 Å². The lowest BCUT2D eigenvalue weighted by Gasteiger charge is -2.40. The fraction of sp³-hybridized carbons (Fsp3) is 0.684. The molecule has 2 fully saturated rings. The molecular weight excluding hydrogens is 258 g/mol. The van der Waals surface area contributed by atoms with Crippen molar-refractivity contribution in [3.05, 3.63) is 34.9 Å². The molecule has 2 nitrogen and oxygen atoms in total. The Balaban J connectivity index is 1.73. The van der Waals surface area contributed by atoms with Crippen LogP contribution in [-0.4, -0.2) is 28.7 Å². The third-order valence-corrected chi connectivity index (χ3v) is 5.65. The highest BCUT2D eigenvalue weighted by atomic mass is 16.3. The molecule has 116 valence electrons. The van der Waals surface area contributed by atoms with Gasteiger partial charge < -0.3 is 5.11 Å². The first kappa shape index (κ1) is 15.1. The Morgan fingerprint density at radius 1 is 1.05 bits per heavy atom. The standard InChI is InChI=1S/C19H29NO/c1-14-9-10-16(12-15(14)2)13-20-11-4-3-7-18(20)17-6-5-8-19(17)21/h9-10,12,17-19,21H,3-8,11,13H2,1-2H3. The van der Waals surface area contributed by atoms with Gasteiger partial charge in [-0.15, -0.1) is 0 Å². The van der Waals surface area contributed by atoms with Crippen molar-refractivity contribution in [3.8, 4) is 0 Å². The van der Waals surface area contributed by atoms with Crippen molar-refractivity contribution in [1.82, 2.24) is 4.90 Å². The SMILES string of the molecule is Cc1ccc(CN2CCCCC2C2CCCC2O)cc1C. The number of rotatable bonds is 3. The molecular formula is C19H29NO. The second kappa shape index (κ2) is 6.50. The van der Waals surface area contributed by atoms with Gasteiger partial charge in [0.05, 0.1) is 6.10 Å². The Hall–Kier alpha value is -0.860. The van der Waals surface area contributed by atoms with Gasteiger partial charge in [-0.25, -0.2) is 0 Å². The lowest BCUT2D eigenvalue weighted by molar-refractivity contribution is 0.0313. The second-order valence-electron chi connectivity index (χ2n) is 7.11. The second-order valence-corrected chi connectivity index (χ2v) is 7.11. The summed E-state index contributed by atoms with van der Waals surface area (Å²) in [7, 11) is 0. The maximum Gasteiger partial charge on any atom is 0.0583 e. The highest BCUT2D eigenvalue weighted by Gasteiger charge is 2.36. The molecule has 1 saturated heterocycles. The number of hydrogen-bond acceptors (Lipinski definition) is 2. The molecule has 1 saturated carbocycles. The largest absolute Gasteiger partial charge is 0.393 e. The highest BCUT2D eigenvalue weighted by molar-refractivity contribution is 5.29.